The minimum atomic E-state index is -0.196. The largest absolute Gasteiger partial charge is 0.454 e. The number of fused-ring (bicyclic) bond motifs is 2. The van der Waals surface area contributed by atoms with Crippen molar-refractivity contribution in [2.75, 3.05) is 12.1 Å². The number of para-hydroxylation sites is 1. The molecule has 1 atom stereocenters. The number of ether oxygens (including phenoxy) is 2. The van der Waals surface area contributed by atoms with E-state index in [4.69, 9.17) is 9.47 Å². The van der Waals surface area contributed by atoms with Gasteiger partial charge >= 0.3 is 0 Å². The number of hydrogen-bond donors (Lipinski definition) is 1. The number of benzene rings is 2. The Morgan fingerprint density at radius 3 is 2.85 bits per heavy atom. The van der Waals surface area contributed by atoms with E-state index in [0.717, 1.165) is 27.6 Å². The molecule has 3 heterocycles. The monoisotopic (exact) mass is 378 g/mol. The Bertz CT molecular complexity index is 1030. The van der Waals surface area contributed by atoms with Crippen LogP contribution >= 0.6 is 11.3 Å². The van der Waals surface area contributed by atoms with Crippen molar-refractivity contribution in [3.05, 3.63) is 75.5 Å². The van der Waals surface area contributed by atoms with Gasteiger partial charge in [-0.2, -0.15) is 0 Å². The number of rotatable bonds is 3. The lowest BCUT2D eigenvalue weighted by Gasteiger charge is -2.38. The third-order valence-electron chi connectivity index (χ3n) is 4.96. The van der Waals surface area contributed by atoms with Crippen LogP contribution in [0.15, 0.2) is 53.9 Å². The van der Waals surface area contributed by atoms with Gasteiger partial charge in [0.2, 0.25) is 6.79 Å². The maximum atomic E-state index is 13.3. The Balaban J connectivity index is 1.54. The van der Waals surface area contributed by atoms with Crippen LogP contribution in [0.1, 0.15) is 32.5 Å². The smallest absolute Gasteiger partial charge is 0.258 e. The Kier molecular flexibility index (Phi) is 3.79. The molecule has 1 aromatic heterocycles. The third kappa shape index (κ3) is 2.73. The van der Waals surface area contributed by atoms with E-state index in [-0.39, 0.29) is 18.9 Å². The number of nitrogens with one attached hydrogen (secondary N) is 1. The van der Waals surface area contributed by atoms with Crippen molar-refractivity contribution in [3.8, 4) is 11.5 Å². The lowest BCUT2D eigenvalue weighted by atomic mass is 10.0. The first-order valence-corrected chi connectivity index (χ1v) is 9.68. The number of nitrogens with zero attached hydrogens (tertiary/aromatic N) is 1. The summed E-state index contributed by atoms with van der Waals surface area (Å²) in [5, 5.41) is 5.62. The number of hydrogen-bond acceptors (Lipinski definition) is 5. The van der Waals surface area contributed by atoms with Crippen molar-refractivity contribution >= 4 is 22.9 Å². The van der Waals surface area contributed by atoms with Gasteiger partial charge < -0.3 is 19.7 Å². The molecule has 1 N–H and O–H groups in total. The second-order valence-corrected chi connectivity index (χ2v) is 7.63. The number of anilines is 1. The van der Waals surface area contributed by atoms with Crippen molar-refractivity contribution in [3.63, 3.8) is 0 Å². The van der Waals surface area contributed by atoms with Gasteiger partial charge in [0.15, 0.2) is 11.5 Å². The molecular formula is C21H18N2O3S. The molecular weight excluding hydrogens is 360 g/mol. The molecule has 6 heteroatoms. The van der Waals surface area contributed by atoms with Crippen LogP contribution in [0.4, 0.5) is 5.69 Å². The maximum Gasteiger partial charge on any atom is 0.258 e. The first-order valence-electron chi connectivity index (χ1n) is 8.80. The summed E-state index contributed by atoms with van der Waals surface area (Å²) >= 11 is 1.67. The van der Waals surface area contributed by atoms with Crippen molar-refractivity contribution in [2.24, 2.45) is 0 Å². The van der Waals surface area contributed by atoms with Crippen LogP contribution in [0.3, 0.4) is 0 Å². The van der Waals surface area contributed by atoms with E-state index >= 15 is 0 Å². The molecule has 0 radical (unpaired) electrons. The molecule has 2 aromatic carbocycles. The standard InChI is InChI=1S/C21H18N2O3S/c1-13-8-9-27-19(13)20-22-16-5-3-2-4-15(16)21(24)23(20)11-14-6-7-17-18(10-14)26-12-25-17/h2-10,20,22H,11-12H2,1H3. The molecule has 0 saturated carbocycles. The maximum absolute atomic E-state index is 13.3. The SMILES string of the molecule is Cc1ccsc1C1Nc2ccccc2C(=O)N1Cc1ccc2c(c1)OCO2. The van der Waals surface area contributed by atoms with Gasteiger partial charge in [-0.15, -0.1) is 11.3 Å². The summed E-state index contributed by atoms with van der Waals surface area (Å²) in [6.07, 6.45) is -0.196. The van der Waals surface area contributed by atoms with E-state index in [0.29, 0.717) is 12.1 Å². The lowest BCUT2D eigenvalue weighted by Crippen LogP contribution is -2.42. The molecule has 0 aliphatic carbocycles. The van der Waals surface area contributed by atoms with Crippen molar-refractivity contribution in [1.29, 1.82) is 0 Å². The summed E-state index contributed by atoms with van der Waals surface area (Å²) < 4.78 is 10.9. The predicted octanol–water partition coefficient (Wildman–Crippen LogP) is 4.55. The molecule has 0 spiro atoms. The van der Waals surface area contributed by atoms with Crippen LogP contribution < -0.4 is 14.8 Å². The van der Waals surface area contributed by atoms with Gasteiger partial charge in [-0.25, -0.2) is 0 Å². The number of carbonyl (C=O) groups is 1. The Labute approximate surface area is 161 Å². The normalized spacial score (nSPS) is 17.6. The fraction of sp³-hybridized carbons (Fsp3) is 0.190. The summed E-state index contributed by atoms with van der Waals surface area (Å²) in [6.45, 7) is 2.81. The van der Waals surface area contributed by atoms with E-state index in [2.05, 4.69) is 23.7 Å². The average molecular weight is 378 g/mol. The summed E-state index contributed by atoms with van der Waals surface area (Å²) in [5.41, 5.74) is 3.76. The third-order valence-corrected chi connectivity index (χ3v) is 6.03. The molecule has 1 amide bonds. The van der Waals surface area contributed by atoms with Gasteiger partial charge in [-0.3, -0.25) is 4.79 Å². The van der Waals surface area contributed by atoms with Crippen molar-refractivity contribution in [2.45, 2.75) is 19.6 Å². The van der Waals surface area contributed by atoms with Crippen LogP contribution in [0.25, 0.3) is 0 Å². The zero-order valence-electron chi connectivity index (χ0n) is 14.8. The molecule has 5 rings (SSSR count). The van der Waals surface area contributed by atoms with Crippen LogP contribution in [-0.2, 0) is 6.54 Å². The van der Waals surface area contributed by atoms with Gasteiger partial charge in [-0.1, -0.05) is 18.2 Å². The van der Waals surface area contributed by atoms with Crippen molar-refractivity contribution in [1.82, 2.24) is 4.90 Å². The molecule has 2 aliphatic heterocycles. The molecule has 1 unspecified atom stereocenters. The van der Waals surface area contributed by atoms with Crippen LogP contribution in [-0.4, -0.2) is 17.6 Å². The van der Waals surface area contributed by atoms with E-state index in [1.54, 1.807) is 11.3 Å². The topological polar surface area (TPSA) is 50.8 Å². The first kappa shape index (κ1) is 16.2. The Morgan fingerprint density at radius 1 is 1.15 bits per heavy atom. The van der Waals surface area contributed by atoms with E-state index < -0.39 is 0 Å². The molecule has 3 aromatic rings. The van der Waals surface area contributed by atoms with E-state index in [1.807, 2.05) is 47.4 Å². The molecule has 0 bridgehead atoms. The molecule has 2 aliphatic rings. The summed E-state index contributed by atoms with van der Waals surface area (Å²) in [4.78, 5) is 16.3. The minimum Gasteiger partial charge on any atom is -0.454 e. The Hall–Kier alpha value is -2.99. The minimum absolute atomic E-state index is 0.0276. The Morgan fingerprint density at radius 2 is 2.00 bits per heavy atom. The second kappa shape index (κ2) is 6.32. The number of amides is 1. The van der Waals surface area contributed by atoms with E-state index in [9.17, 15) is 4.79 Å². The van der Waals surface area contributed by atoms with Gasteiger partial charge in [0.05, 0.1) is 10.4 Å². The summed E-state index contributed by atoms with van der Waals surface area (Å²) in [5.74, 6) is 1.51. The average Bonchev–Trinajstić information content (AvgIpc) is 3.32. The zero-order chi connectivity index (χ0) is 18.4. The highest BCUT2D eigenvalue weighted by Crippen LogP contribution is 2.38. The number of carbonyl (C=O) groups excluding carboxylic acids is 1. The zero-order valence-corrected chi connectivity index (χ0v) is 15.6. The highest BCUT2D eigenvalue weighted by molar-refractivity contribution is 7.10. The first-order chi connectivity index (χ1) is 13.2. The fourth-order valence-electron chi connectivity index (χ4n) is 3.56. The molecule has 27 heavy (non-hydrogen) atoms. The van der Waals surface area contributed by atoms with Gasteiger partial charge in [-0.05, 0) is 53.8 Å². The number of aryl methyl sites for hydroxylation is 1. The molecule has 136 valence electrons. The van der Waals surface area contributed by atoms with Gasteiger partial charge in [0.1, 0.15) is 6.17 Å². The molecule has 5 nitrogen and oxygen atoms in total. The predicted molar refractivity (Wildman–Crippen MR) is 104 cm³/mol. The van der Waals surface area contributed by atoms with Gasteiger partial charge in [0.25, 0.3) is 5.91 Å². The van der Waals surface area contributed by atoms with Crippen LogP contribution in [0.5, 0.6) is 11.5 Å². The van der Waals surface area contributed by atoms with Crippen LogP contribution in [0, 0.1) is 6.92 Å². The fourth-order valence-corrected chi connectivity index (χ4v) is 4.55. The van der Waals surface area contributed by atoms with E-state index in [1.165, 1.54) is 5.56 Å². The molecule has 0 fully saturated rings. The summed E-state index contributed by atoms with van der Waals surface area (Å²) in [6, 6.07) is 15.6. The van der Waals surface area contributed by atoms with Crippen molar-refractivity contribution < 1.29 is 14.3 Å². The summed E-state index contributed by atoms with van der Waals surface area (Å²) in [7, 11) is 0. The number of thiophene rings is 1. The van der Waals surface area contributed by atoms with Crippen LogP contribution in [0.2, 0.25) is 0 Å². The molecule has 0 saturated heterocycles. The quantitative estimate of drug-likeness (QED) is 0.726. The second-order valence-electron chi connectivity index (χ2n) is 6.68. The highest BCUT2D eigenvalue weighted by atomic mass is 32.1. The van der Waals surface area contributed by atoms with Gasteiger partial charge in [0, 0.05) is 12.2 Å². The highest BCUT2D eigenvalue weighted by Gasteiger charge is 2.34. The lowest BCUT2D eigenvalue weighted by molar-refractivity contribution is 0.0669.